The van der Waals surface area contributed by atoms with E-state index in [1.807, 2.05) is 18.2 Å². The van der Waals surface area contributed by atoms with Crippen LogP contribution in [0.3, 0.4) is 0 Å². The second-order valence-corrected chi connectivity index (χ2v) is 5.35. The molecule has 1 heterocycles. The molecule has 1 aromatic carbocycles. The maximum absolute atomic E-state index is 12.2. The molecule has 7 heteroatoms. The van der Waals surface area contributed by atoms with Crippen molar-refractivity contribution in [1.82, 2.24) is 9.55 Å². The van der Waals surface area contributed by atoms with E-state index in [1.165, 1.54) is 0 Å². The molecule has 0 saturated heterocycles. The molecule has 2 nitrogen and oxygen atoms in total. The van der Waals surface area contributed by atoms with Gasteiger partial charge < -0.3 is 4.57 Å². The van der Waals surface area contributed by atoms with Crippen LogP contribution in [0.15, 0.2) is 22.7 Å². The van der Waals surface area contributed by atoms with E-state index in [1.54, 1.807) is 4.57 Å². The van der Waals surface area contributed by atoms with E-state index in [4.69, 9.17) is 11.6 Å². The van der Waals surface area contributed by atoms with Gasteiger partial charge in [0.05, 0.1) is 16.9 Å². The number of hydrogen-bond acceptors (Lipinski definition) is 1. The minimum absolute atomic E-state index is 0.0192. The summed E-state index contributed by atoms with van der Waals surface area (Å²) >= 11 is 9.14. The Labute approximate surface area is 121 Å². The highest BCUT2D eigenvalue weighted by Crippen LogP contribution is 2.25. The molecule has 0 aliphatic carbocycles. The summed E-state index contributed by atoms with van der Waals surface area (Å²) in [4.78, 5) is 4.32. The van der Waals surface area contributed by atoms with Gasteiger partial charge in [0.1, 0.15) is 5.82 Å². The molecule has 0 N–H and O–H groups in total. The van der Waals surface area contributed by atoms with Gasteiger partial charge in [-0.25, -0.2) is 4.98 Å². The predicted octanol–water partition coefficient (Wildman–Crippen LogP) is 4.88. The number of rotatable bonds is 4. The van der Waals surface area contributed by atoms with Crippen LogP contribution in [-0.2, 0) is 12.4 Å². The summed E-state index contributed by atoms with van der Waals surface area (Å²) in [5, 5.41) is 0. The normalized spacial score (nSPS) is 12.3. The molecule has 0 unspecified atom stereocenters. The largest absolute Gasteiger partial charge is 0.389 e. The van der Waals surface area contributed by atoms with Crippen molar-refractivity contribution in [3.05, 3.63) is 28.5 Å². The average molecular weight is 356 g/mol. The zero-order chi connectivity index (χ0) is 14.0. The Morgan fingerprint density at radius 2 is 2.05 bits per heavy atom. The molecular formula is C12H11BrClF3N2. The van der Waals surface area contributed by atoms with E-state index in [2.05, 4.69) is 20.9 Å². The zero-order valence-electron chi connectivity index (χ0n) is 9.84. The van der Waals surface area contributed by atoms with Crippen molar-refractivity contribution in [1.29, 1.82) is 0 Å². The molecule has 0 saturated carbocycles. The number of nitrogens with zero attached hydrogens (tertiary/aromatic N) is 2. The van der Waals surface area contributed by atoms with Crippen LogP contribution < -0.4 is 0 Å². The molecule has 0 amide bonds. The van der Waals surface area contributed by atoms with Gasteiger partial charge in [-0.1, -0.05) is 15.9 Å². The molecule has 0 aliphatic rings. The van der Waals surface area contributed by atoms with Crippen molar-refractivity contribution in [3.8, 4) is 0 Å². The Balaban J connectivity index is 2.27. The van der Waals surface area contributed by atoms with Crippen LogP contribution in [0, 0.1) is 0 Å². The lowest BCUT2D eigenvalue weighted by atomic mass is 10.3. The second-order valence-electron chi connectivity index (χ2n) is 4.17. The lowest BCUT2D eigenvalue weighted by Gasteiger charge is -2.09. The number of benzene rings is 1. The summed E-state index contributed by atoms with van der Waals surface area (Å²) in [6, 6.07) is 5.50. The zero-order valence-corrected chi connectivity index (χ0v) is 12.2. The molecule has 0 fully saturated rings. The van der Waals surface area contributed by atoms with Crippen LogP contribution in [-0.4, -0.2) is 15.7 Å². The molecule has 0 aliphatic heterocycles. The maximum atomic E-state index is 12.2. The third kappa shape index (κ3) is 3.63. The standard InChI is InChI=1S/C12H11BrClF3N2/c13-8-2-3-9-10(6-8)19(11(7-14)18-9)5-1-4-12(15,16)17/h2-3,6H,1,4-5,7H2. The molecule has 2 aromatic rings. The highest BCUT2D eigenvalue weighted by atomic mass is 79.9. The fraction of sp³-hybridized carbons (Fsp3) is 0.417. The SMILES string of the molecule is FC(F)(F)CCCn1c(CCl)nc2ccc(Br)cc21. The molecule has 1 aromatic heterocycles. The van der Waals surface area contributed by atoms with E-state index in [0.717, 1.165) is 15.5 Å². The van der Waals surface area contributed by atoms with E-state index >= 15 is 0 Å². The summed E-state index contributed by atoms with van der Waals surface area (Å²) in [5.74, 6) is 0.773. The Kier molecular flexibility index (Phi) is 4.40. The van der Waals surface area contributed by atoms with Gasteiger partial charge in [-0.15, -0.1) is 11.6 Å². The van der Waals surface area contributed by atoms with Crippen molar-refractivity contribution < 1.29 is 13.2 Å². The molecule has 0 radical (unpaired) electrons. The van der Waals surface area contributed by atoms with Gasteiger partial charge >= 0.3 is 6.18 Å². The molecular weight excluding hydrogens is 344 g/mol. The second kappa shape index (κ2) is 5.71. The van der Waals surface area contributed by atoms with Crippen LogP contribution in [0.5, 0.6) is 0 Å². The number of hydrogen-bond donors (Lipinski definition) is 0. The minimum atomic E-state index is -4.13. The highest BCUT2D eigenvalue weighted by Gasteiger charge is 2.26. The van der Waals surface area contributed by atoms with Crippen molar-refractivity contribution in [2.75, 3.05) is 0 Å². The third-order valence-electron chi connectivity index (χ3n) is 2.75. The monoisotopic (exact) mass is 354 g/mol. The smallest absolute Gasteiger partial charge is 0.327 e. The number of alkyl halides is 4. The van der Waals surface area contributed by atoms with Crippen molar-refractivity contribution >= 4 is 38.6 Å². The van der Waals surface area contributed by atoms with Crippen molar-refractivity contribution in [2.24, 2.45) is 0 Å². The molecule has 104 valence electrons. The third-order valence-corrected chi connectivity index (χ3v) is 3.48. The number of imidazole rings is 1. The van der Waals surface area contributed by atoms with Gasteiger partial charge in [0, 0.05) is 17.4 Å². The number of fused-ring (bicyclic) bond motifs is 1. The Morgan fingerprint density at radius 1 is 1.32 bits per heavy atom. The first-order valence-electron chi connectivity index (χ1n) is 5.68. The van der Waals surface area contributed by atoms with E-state index in [0.29, 0.717) is 5.82 Å². The van der Waals surface area contributed by atoms with Crippen LogP contribution in [0.2, 0.25) is 0 Å². The topological polar surface area (TPSA) is 17.8 Å². The Morgan fingerprint density at radius 3 is 2.68 bits per heavy atom. The van der Waals surface area contributed by atoms with E-state index in [-0.39, 0.29) is 18.8 Å². The lowest BCUT2D eigenvalue weighted by molar-refractivity contribution is -0.135. The highest BCUT2D eigenvalue weighted by molar-refractivity contribution is 9.10. The molecule has 19 heavy (non-hydrogen) atoms. The fourth-order valence-electron chi connectivity index (χ4n) is 1.93. The minimum Gasteiger partial charge on any atom is -0.327 e. The van der Waals surface area contributed by atoms with Crippen LogP contribution in [0.4, 0.5) is 13.2 Å². The fourth-order valence-corrected chi connectivity index (χ4v) is 2.49. The molecule has 2 rings (SSSR count). The quantitative estimate of drug-likeness (QED) is 0.715. The Bertz CT molecular complexity index is 580. The van der Waals surface area contributed by atoms with Gasteiger partial charge in [-0.2, -0.15) is 13.2 Å². The number of aryl methyl sites for hydroxylation is 1. The molecule has 0 bridgehead atoms. The van der Waals surface area contributed by atoms with E-state index in [9.17, 15) is 13.2 Å². The molecule has 0 atom stereocenters. The van der Waals surface area contributed by atoms with Crippen LogP contribution >= 0.6 is 27.5 Å². The summed E-state index contributed by atoms with van der Waals surface area (Å²) < 4.78 is 39.2. The Hall–Kier alpha value is -0.750. The first-order valence-corrected chi connectivity index (χ1v) is 7.01. The van der Waals surface area contributed by atoms with Gasteiger partial charge in [0.2, 0.25) is 0 Å². The number of aromatic nitrogens is 2. The summed E-state index contributed by atoms with van der Waals surface area (Å²) in [6.07, 6.45) is -4.91. The van der Waals surface area contributed by atoms with Gasteiger partial charge in [0.25, 0.3) is 0 Å². The van der Waals surface area contributed by atoms with Gasteiger partial charge in [-0.3, -0.25) is 0 Å². The summed E-state index contributed by atoms with van der Waals surface area (Å²) in [7, 11) is 0. The summed E-state index contributed by atoms with van der Waals surface area (Å²) in [5.41, 5.74) is 1.54. The van der Waals surface area contributed by atoms with Crippen molar-refractivity contribution in [3.63, 3.8) is 0 Å². The van der Waals surface area contributed by atoms with Crippen molar-refractivity contribution in [2.45, 2.75) is 31.4 Å². The van der Waals surface area contributed by atoms with Crippen LogP contribution in [0.1, 0.15) is 18.7 Å². The van der Waals surface area contributed by atoms with Crippen LogP contribution in [0.25, 0.3) is 11.0 Å². The first kappa shape index (κ1) is 14.7. The predicted molar refractivity (Wildman–Crippen MR) is 72.3 cm³/mol. The first-order chi connectivity index (χ1) is 8.90. The lowest BCUT2D eigenvalue weighted by Crippen LogP contribution is -2.10. The van der Waals surface area contributed by atoms with Gasteiger partial charge in [-0.05, 0) is 24.6 Å². The van der Waals surface area contributed by atoms with E-state index < -0.39 is 12.6 Å². The summed E-state index contributed by atoms with van der Waals surface area (Å²) in [6.45, 7) is 0.258. The molecule has 0 spiro atoms. The maximum Gasteiger partial charge on any atom is 0.389 e. The van der Waals surface area contributed by atoms with Gasteiger partial charge in [0.15, 0.2) is 0 Å². The number of halogens is 5. The average Bonchev–Trinajstić information content (AvgIpc) is 2.65.